The first-order chi connectivity index (χ1) is 9.04. The first kappa shape index (κ1) is 14.3. The third kappa shape index (κ3) is 4.20. The second-order valence-electron chi connectivity index (χ2n) is 4.92. The van der Waals surface area contributed by atoms with Gasteiger partial charge in [-0.05, 0) is 37.6 Å². The molecule has 19 heavy (non-hydrogen) atoms. The van der Waals surface area contributed by atoms with E-state index in [1.807, 2.05) is 26.0 Å². The number of carbonyl (C=O) groups is 1. The van der Waals surface area contributed by atoms with Crippen molar-refractivity contribution >= 4 is 23.2 Å². The van der Waals surface area contributed by atoms with Gasteiger partial charge in [0, 0.05) is 23.8 Å². The van der Waals surface area contributed by atoms with Crippen molar-refractivity contribution in [3.8, 4) is 0 Å². The Morgan fingerprint density at radius 2 is 2.37 bits per heavy atom. The molecule has 4 nitrogen and oxygen atoms in total. The van der Waals surface area contributed by atoms with Gasteiger partial charge in [-0.2, -0.15) is 0 Å². The van der Waals surface area contributed by atoms with Crippen LogP contribution in [0, 0.1) is 6.92 Å². The number of morpholine rings is 1. The normalized spacial score (nSPS) is 20.3. The molecule has 1 fully saturated rings. The lowest BCUT2D eigenvalue weighted by molar-refractivity contribution is -0.119. The Morgan fingerprint density at radius 1 is 1.58 bits per heavy atom. The van der Waals surface area contributed by atoms with Crippen molar-refractivity contribution in [2.24, 2.45) is 0 Å². The highest BCUT2D eigenvalue weighted by Crippen LogP contribution is 2.19. The van der Waals surface area contributed by atoms with Crippen LogP contribution < -0.4 is 5.32 Å². The summed E-state index contributed by atoms with van der Waals surface area (Å²) in [6.07, 6.45) is 0.193. The summed E-state index contributed by atoms with van der Waals surface area (Å²) in [5.41, 5.74) is 1.78. The zero-order chi connectivity index (χ0) is 13.8. The second-order valence-corrected chi connectivity index (χ2v) is 5.36. The number of aryl methyl sites for hydroxylation is 1. The highest BCUT2D eigenvalue weighted by atomic mass is 35.5. The molecule has 1 N–H and O–H groups in total. The van der Waals surface area contributed by atoms with Crippen molar-refractivity contribution in [1.82, 2.24) is 4.90 Å². The fourth-order valence-corrected chi connectivity index (χ4v) is 2.42. The van der Waals surface area contributed by atoms with E-state index in [1.54, 1.807) is 6.07 Å². The van der Waals surface area contributed by atoms with Gasteiger partial charge in [-0.3, -0.25) is 9.69 Å². The minimum Gasteiger partial charge on any atom is -0.376 e. The fraction of sp³-hybridized carbons (Fsp3) is 0.500. The Balaban J connectivity index is 1.90. The van der Waals surface area contributed by atoms with E-state index >= 15 is 0 Å². The number of hydrogen-bond acceptors (Lipinski definition) is 3. The monoisotopic (exact) mass is 282 g/mol. The number of carbonyl (C=O) groups excluding carboxylic acids is 1. The molecule has 1 amide bonds. The largest absolute Gasteiger partial charge is 0.376 e. The molecule has 0 bridgehead atoms. The first-order valence-corrected chi connectivity index (χ1v) is 6.82. The predicted octanol–water partition coefficient (Wildman–Crippen LogP) is 2.31. The van der Waals surface area contributed by atoms with E-state index < -0.39 is 0 Å². The molecule has 1 heterocycles. The number of ether oxygens (including phenoxy) is 1. The predicted molar refractivity (Wildman–Crippen MR) is 76.7 cm³/mol. The van der Waals surface area contributed by atoms with Gasteiger partial charge < -0.3 is 10.1 Å². The molecule has 104 valence electrons. The molecule has 0 saturated carbocycles. The van der Waals surface area contributed by atoms with Gasteiger partial charge in [0.05, 0.1) is 19.3 Å². The van der Waals surface area contributed by atoms with Gasteiger partial charge in [-0.25, -0.2) is 0 Å². The van der Waals surface area contributed by atoms with Crippen LogP contribution in [0.25, 0.3) is 0 Å². The summed E-state index contributed by atoms with van der Waals surface area (Å²) >= 11 is 5.89. The van der Waals surface area contributed by atoms with Crippen LogP contribution in [0.15, 0.2) is 18.2 Å². The van der Waals surface area contributed by atoms with Crippen LogP contribution >= 0.6 is 11.6 Å². The van der Waals surface area contributed by atoms with Crippen molar-refractivity contribution in [2.45, 2.75) is 20.0 Å². The number of nitrogens with one attached hydrogen (secondary N) is 1. The zero-order valence-corrected chi connectivity index (χ0v) is 12.0. The van der Waals surface area contributed by atoms with E-state index in [0.29, 0.717) is 18.2 Å². The minimum atomic E-state index is -0.000442. The maximum Gasteiger partial charge on any atom is 0.238 e. The molecule has 5 heteroatoms. The van der Waals surface area contributed by atoms with Gasteiger partial charge in [0.1, 0.15) is 0 Å². The quantitative estimate of drug-likeness (QED) is 0.925. The summed E-state index contributed by atoms with van der Waals surface area (Å²) in [6.45, 7) is 6.64. The second kappa shape index (κ2) is 6.37. The Hall–Kier alpha value is -1.10. The van der Waals surface area contributed by atoms with Crippen molar-refractivity contribution < 1.29 is 9.53 Å². The fourth-order valence-electron chi connectivity index (χ4n) is 2.19. The Labute approximate surface area is 118 Å². The maximum atomic E-state index is 12.0. The van der Waals surface area contributed by atoms with Gasteiger partial charge in [-0.15, -0.1) is 0 Å². The lowest BCUT2D eigenvalue weighted by atomic mass is 10.2. The van der Waals surface area contributed by atoms with E-state index in [2.05, 4.69) is 10.2 Å². The van der Waals surface area contributed by atoms with Crippen molar-refractivity contribution in [3.63, 3.8) is 0 Å². The molecule has 2 rings (SSSR count). The average molecular weight is 283 g/mol. The lowest BCUT2D eigenvalue weighted by Crippen LogP contribution is -2.44. The molecular formula is C14H19ClN2O2. The number of rotatable bonds is 3. The number of anilines is 1. The number of nitrogens with zero attached hydrogens (tertiary/aromatic N) is 1. The molecule has 0 aromatic heterocycles. The SMILES string of the molecule is Cc1cc(Cl)ccc1NC(=O)CN1CCOC(C)C1. The topological polar surface area (TPSA) is 41.6 Å². The van der Waals surface area contributed by atoms with E-state index in [-0.39, 0.29) is 12.0 Å². The lowest BCUT2D eigenvalue weighted by Gasteiger charge is -2.30. The van der Waals surface area contributed by atoms with Crippen molar-refractivity contribution in [3.05, 3.63) is 28.8 Å². The van der Waals surface area contributed by atoms with E-state index in [9.17, 15) is 4.79 Å². The van der Waals surface area contributed by atoms with Crippen molar-refractivity contribution in [1.29, 1.82) is 0 Å². The first-order valence-electron chi connectivity index (χ1n) is 6.44. The number of hydrogen-bond donors (Lipinski definition) is 1. The smallest absolute Gasteiger partial charge is 0.238 e. The summed E-state index contributed by atoms with van der Waals surface area (Å²) < 4.78 is 5.45. The van der Waals surface area contributed by atoms with Crippen LogP contribution in [-0.4, -0.2) is 43.2 Å². The van der Waals surface area contributed by atoms with Crippen LogP contribution in [0.4, 0.5) is 5.69 Å². The van der Waals surface area contributed by atoms with Gasteiger partial charge in [-0.1, -0.05) is 11.6 Å². The van der Waals surface area contributed by atoms with Crippen LogP contribution in [-0.2, 0) is 9.53 Å². The Kier molecular flexibility index (Phi) is 4.80. The van der Waals surface area contributed by atoms with E-state index in [0.717, 1.165) is 24.3 Å². The highest BCUT2D eigenvalue weighted by molar-refractivity contribution is 6.30. The molecule has 1 aromatic carbocycles. The van der Waals surface area contributed by atoms with Crippen LogP contribution in [0.2, 0.25) is 5.02 Å². The highest BCUT2D eigenvalue weighted by Gasteiger charge is 2.19. The molecular weight excluding hydrogens is 264 g/mol. The van der Waals surface area contributed by atoms with Crippen LogP contribution in [0.3, 0.4) is 0 Å². The van der Waals surface area contributed by atoms with Gasteiger partial charge in [0.15, 0.2) is 0 Å². The maximum absolute atomic E-state index is 12.0. The zero-order valence-electron chi connectivity index (χ0n) is 11.3. The Bertz CT molecular complexity index is 465. The van der Waals surface area contributed by atoms with Gasteiger partial charge in [0.25, 0.3) is 0 Å². The molecule has 0 spiro atoms. The Morgan fingerprint density at radius 3 is 3.05 bits per heavy atom. The minimum absolute atomic E-state index is 0.000442. The molecule has 1 aliphatic rings. The van der Waals surface area contributed by atoms with E-state index in [1.165, 1.54) is 0 Å². The van der Waals surface area contributed by atoms with E-state index in [4.69, 9.17) is 16.3 Å². The summed E-state index contributed by atoms with van der Waals surface area (Å²) in [4.78, 5) is 14.1. The van der Waals surface area contributed by atoms with Gasteiger partial charge in [0.2, 0.25) is 5.91 Å². The summed E-state index contributed by atoms with van der Waals surface area (Å²) in [5, 5.41) is 3.60. The summed E-state index contributed by atoms with van der Waals surface area (Å²) in [5.74, 6) is -0.000442. The number of amides is 1. The third-order valence-electron chi connectivity index (χ3n) is 3.15. The molecule has 0 aliphatic carbocycles. The number of benzene rings is 1. The molecule has 1 saturated heterocycles. The third-order valence-corrected chi connectivity index (χ3v) is 3.39. The molecule has 1 atom stereocenters. The van der Waals surface area contributed by atoms with Crippen LogP contribution in [0.1, 0.15) is 12.5 Å². The molecule has 1 aliphatic heterocycles. The molecule has 1 aromatic rings. The average Bonchev–Trinajstić information content (AvgIpc) is 2.33. The van der Waals surface area contributed by atoms with Gasteiger partial charge >= 0.3 is 0 Å². The molecule has 0 radical (unpaired) electrons. The van der Waals surface area contributed by atoms with Crippen molar-refractivity contribution in [2.75, 3.05) is 31.6 Å². The summed E-state index contributed by atoms with van der Waals surface area (Å²) in [7, 11) is 0. The molecule has 1 unspecified atom stereocenters. The van der Waals surface area contributed by atoms with Crippen LogP contribution in [0.5, 0.6) is 0 Å². The standard InChI is InChI=1S/C14H19ClN2O2/c1-10-7-12(15)3-4-13(10)16-14(18)9-17-5-6-19-11(2)8-17/h3-4,7,11H,5-6,8-9H2,1-2H3,(H,16,18). The number of halogens is 1. The summed E-state index contributed by atoms with van der Waals surface area (Å²) in [6, 6.07) is 5.45.